The predicted octanol–water partition coefficient (Wildman–Crippen LogP) is 4.13. The Kier molecular flexibility index (Phi) is 5.30. The SMILES string of the molecule is Cc1ccc2c(C3(NC(=O)c4cc(N5CC6CCC(C5)N6C)ccc4C)CC3)cc(-n3nccn3)cc2n1. The molecule has 2 aromatic heterocycles. The molecule has 194 valence electrons. The monoisotopic (exact) mass is 507 g/mol. The number of nitrogens with zero attached hydrogens (tertiary/aromatic N) is 6. The van der Waals surface area contributed by atoms with Crippen molar-refractivity contribution in [1.82, 2.24) is 30.2 Å². The molecule has 1 amide bonds. The van der Waals surface area contributed by atoms with Crippen molar-refractivity contribution in [2.24, 2.45) is 0 Å². The third kappa shape index (κ3) is 3.86. The Bertz CT molecular complexity index is 1530. The largest absolute Gasteiger partial charge is 0.368 e. The molecule has 2 bridgehead atoms. The molecule has 1 saturated carbocycles. The number of anilines is 1. The first-order chi connectivity index (χ1) is 18.4. The highest BCUT2D eigenvalue weighted by molar-refractivity contribution is 5.98. The number of carbonyl (C=O) groups excluding carboxylic acids is 1. The van der Waals surface area contributed by atoms with E-state index in [1.165, 1.54) is 12.8 Å². The summed E-state index contributed by atoms with van der Waals surface area (Å²) in [4.78, 5) is 25.2. The number of amides is 1. The van der Waals surface area contributed by atoms with Crippen LogP contribution in [0.1, 0.15) is 52.9 Å². The van der Waals surface area contributed by atoms with E-state index in [2.05, 4.69) is 62.7 Å². The Balaban J connectivity index is 1.22. The van der Waals surface area contributed by atoms with Crippen LogP contribution >= 0.6 is 0 Å². The van der Waals surface area contributed by atoms with Gasteiger partial charge in [-0.15, -0.1) is 0 Å². The first kappa shape index (κ1) is 23.3. The minimum atomic E-state index is -0.426. The minimum Gasteiger partial charge on any atom is -0.368 e. The van der Waals surface area contributed by atoms with Crippen molar-refractivity contribution < 1.29 is 4.79 Å². The van der Waals surface area contributed by atoms with E-state index in [-0.39, 0.29) is 5.91 Å². The lowest BCUT2D eigenvalue weighted by Gasteiger charge is -2.40. The molecule has 1 N–H and O–H groups in total. The molecule has 0 radical (unpaired) electrons. The molecule has 3 aliphatic rings. The molecule has 8 heteroatoms. The number of fused-ring (bicyclic) bond motifs is 3. The summed E-state index contributed by atoms with van der Waals surface area (Å²) in [5.74, 6) is -0.0187. The standard InChI is InChI=1S/C30H33N7O/c1-19-4-6-21(36-17-22-7-8-23(18-36)35(22)3)14-26(19)29(38)34-30(10-11-30)27-15-24(37-31-12-13-32-37)16-28-25(27)9-5-20(2)33-28/h4-6,9,12-16,22-23H,7-8,10-11,17-18H2,1-3H3,(H,34,38). The van der Waals surface area contributed by atoms with Crippen molar-refractivity contribution in [2.45, 2.75) is 57.2 Å². The molecule has 2 unspecified atom stereocenters. The molecule has 2 aliphatic heterocycles. The Morgan fingerprint density at radius 2 is 1.68 bits per heavy atom. The molecule has 1 aliphatic carbocycles. The number of benzene rings is 2. The summed E-state index contributed by atoms with van der Waals surface area (Å²) in [5.41, 5.74) is 6.23. The van der Waals surface area contributed by atoms with E-state index in [0.29, 0.717) is 12.1 Å². The molecule has 0 spiro atoms. The van der Waals surface area contributed by atoms with Gasteiger partial charge in [-0.05, 0) is 88.0 Å². The summed E-state index contributed by atoms with van der Waals surface area (Å²) in [6.45, 7) is 6.06. The number of aromatic nitrogens is 4. The molecule has 4 aromatic rings. The van der Waals surface area contributed by atoms with E-state index in [1.807, 2.05) is 26.0 Å². The zero-order chi connectivity index (χ0) is 26.0. The number of carbonyl (C=O) groups is 1. The van der Waals surface area contributed by atoms with Crippen LogP contribution in [-0.4, -0.2) is 63.0 Å². The smallest absolute Gasteiger partial charge is 0.252 e. The van der Waals surface area contributed by atoms with Gasteiger partial charge in [0, 0.05) is 47.5 Å². The molecule has 2 atom stereocenters. The summed E-state index contributed by atoms with van der Waals surface area (Å²) >= 11 is 0. The van der Waals surface area contributed by atoms with Crippen LogP contribution in [0.4, 0.5) is 5.69 Å². The Labute approximate surface area is 222 Å². The van der Waals surface area contributed by atoms with Crippen LogP contribution in [0.25, 0.3) is 16.6 Å². The summed E-state index contributed by atoms with van der Waals surface area (Å²) < 4.78 is 0. The van der Waals surface area contributed by atoms with Gasteiger partial charge in [-0.2, -0.15) is 15.0 Å². The first-order valence-corrected chi connectivity index (χ1v) is 13.6. The zero-order valence-corrected chi connectivity index (χ0v) is 22.2. The summed E-state index contributed by atoms with van der Waals surface area (Å²) in [6.07, 6.45) is 7.63. The molecule has 3 fully saturated rings. The lowest BCUT2D eigenvalue weighted by Crippen LogP contribution is -2.52. The first-order valence-electron chi connectivity index (χ1n) is 13.6. The van der Waals surface area contributed by atoms with Crippen LogP contribution in [0.5, 0.6) is 0 Å². The lowest BCUT2D eigenvalue weighted by atomic mass is 9.97. The van der Waals surface area contributed by atoms with Gasteiger partial charge in [-0.1, -0.05) is 12.1 Å². The van der Waals surface area contributed by atoms with Crippen LogP contribution in [0.2, 0.25) is 0 Å². The van der Waals surface area contributed by atoms with Gasteiger partial charge in [0.1, 0.15) is 0 Å². The van der Waals surface area contributed by atoms with Crippen molar-refractivity contribution in [3.63, 3.8) is 0 Å². The van der Waals surface area contributed by atoms with Crippen molar-refractivity contribution >= 4 is 22.5 Å². The fourth-order valence-corrected chi connectivity index (χ4v) is 6.43. The molecule has 8 nitrogen and oxygen atoms in total. The lowest BCUT2D eigenvalue weighted by molar-refractivity contribution is 0.0930. The maximum absolute atomic E-state index is 13.8. The highest BCUT2D eigenvalue weighted by atomic mass is 16.1. The second-order valence-electron chi connectivity index (χ2n) is 11.3. The Hall–Kier alpha value is -3.78. The Morgan fingerprint density at radius 3 is 2.39 bits per heavy atom. The molecular weight excluding hydrogens is 474 g/mol. The fraction of sp³-hybridized carbons (Fsp3) is 0.400. The van der Waals surface area contributed by atoms with Crippen molar-refractivity contribution in [1.29, 1.82) is 0 Å². The number of rotatable bonds is 5. The molecule has 7 rings (SSSR count). The average Bonchev–Trinajstić information content (AvgIpc) is 3.41. The number of pyridine rings is 1. The molecule has 2 aromatic carbocycles. The average molecular weight is 508 g/mol. The van der Waals surface area contributed by atoms with Crippen LogP contribution in [-0.2, 0) is 5.54 Å². The molecule has 38 heavy (non-hydrogen) atoms. The number of hydrogen-bond acceptors (Lipinski definition) is 6. The van der Waals surface area contributed by atoms with Gasteiger partial charge >= 0.3 is 0 Å². The quantitative estimate of drug-likeness (QED) is 0.438. The van der Waals surface area contributed by atoms with Crippen molar-refractivity contribution in [3.8, 4) is 5.69 Å². The third-order valence-corrected chi connectivity index (χ3v) is 8.88. The predicted molar refractivity (Wildman–Crippen MR) is 148 cm³/mol. The van der Waals surface area contributed by atoms with E-state index in [0.717, 1.165) is 70.6 Å². The van der Waals surface area contributed by atoms with Crippen molar-refractivity contribution in [2.75, 3.05) is 25.0 Å². The molecule has 2 saturated heterocycles. The number of piperazine rings is 1. The van der Waals surface area contributed by atoms with Crippen LogP contribution in [0.15, 0.2) is 54.9 Å². The second-order valence-corrected chi connectivity index (χ2v) is 11.3. The second kappa shape index (κ2) is 8.63. The Morgan fingerprint density at radius 1 is 0.947 bits per heavy atom. The van der Waals surface area contributed by atoms with Gasteiger partial charge in [0.25, 0.3) is 5.91 Å². The van der Waals surface area contributed by atoms with Crippen LogP contribution < -0.4 is 10.2 Å². The third-order valence-electron chi connectivity index (χ3n) is 8.88. The van der Waals surface area contributed by atoms with Gasteiger partial charge < -0.3 is 10.2 Å². The highest BCUT2D eigenvalue weighted by Crippen LogP contribution is 2.48. The normalized spacial score (nSPS) is 22.1. The topological polar surface area (TPSA) is 79.2 Å². The number of hydrogen-bond donors (Lipinski definition) is 1. The van der Waals surface area contributed by atoms with E-state index in [4.69, 9.17) is 4.98 Å². The molecule has 4 heterocycles. The molecular formula is C30H33N7O. The van der Waals surface area contributed by atoms with E-state index >= 15 is 0 Å². The fourth-order valence-electron chi connectivity index (χ4n) is 6.43. The number of likely N-dealkylation sites (N-methyl/N-ethyl adjacent to an activating group) is 1. The van der Waals surface area contributed by atoms with Gasteiger partial charge in [-0.25, -0.2) is 0 Å². The van der Waals surface area contributed by atoms with Gasteiger partial charge in [0.2, 0.25) is 0 Å². The summed E-state index contributed by atoms with van der Waals surface area (Å²) in [6, 6.07) is 15.8. The van der Waals surface area contributed by atoms with E-state index in [9.17, 15) is 4.79 Å². The van der Waals surface area contributed by atoms with Crippen LogP contribution in [0, 0.1) is 13.8 Å². The van der Waals surface area contributed by atoms with Gasteiger partial charge in [-0.3, -0.25) is 14.7 Å². The van der Waals surface area contributed by atoms with Gasteiger partial charge in [0.05, 0.1) is 29.1 Å². The zero-order valence-electron chi connectivity index (χ0n) is 22.2. The maximum Gasteiger partial charge on any atom is 0.252 e. The maximum atomic E-state index is 13.8. The summed E-state index contributed by atoms with van der Waals surface area (Å²) in [7, 11) is 2.25. The van der Waals surface area contributed by atoms with E-state index in [1.54, 1.807) is 17.2 Å². The highest BCUT2D eigenvalue weighted by Gasteiger charge is 2.47. The number of nitrogens with one attached hydrogen (secondary N) is 1. The summed E-state index contributed by atoms with van der Waals surface area (Å²) in [5, 5.41) is 13.2. The van der Waals surface area contributed by atoms with E-state index < -0.39 is 5.54 Å². The van der Waals surface area contributed by atoms with Gasteiger partial charge in [0.15, 0.2) is 0 Å². The number of aryl methyl sites for hydroxylation is 2. The minimum absolute atomic E-state index is 0.0187. The van der Waals surface area contributed by atoms with Crippen LogP contribution in [0.3, 0.4) is 0 Å². The van der Waals surface area contributed by atoms with Crippen molar-refractivity contribution in [3.05, 3.63) is 77.2 Å².